The quantitative estimate of drug-likeness (QED) is 0.361. The highest BCUT2D eigenvalue weighted by atomic mass is 32.2. The molecule has 2 aromatic carbocycles. The number of benzene rings is 2. The Kier molecular flexibility index (Phi) is 7.02. The van der Waals surface area contributed by atoms with Crippen LogP contribution in [0.1, 0.15) is 29.8 Å². The molecule has 0 aromatic heterocycles. The van der Waals surface area contributed by atoms with Gasteiger partial charge in [-0.2, -0.15) is 9.41 Å². The second-order valence-corrected chi connectivity index (χ2v) is 7.73. The lowest BCUT2D eigenvalue weighted by molar-refractivity contribution is -0.384. The molecule has 0 radical (unpaired) electrons. The van der Waals surface area contributed by atoms with Gasteiger partial charge in [-0.1, -0.05) is 32.0 Å². The first kappa shape index (κ1) is 22.0. The fourth-order valence-electron chi connectivity index (χ4n) is 2.61. The Morgan fingerprint density at radius 2 is 1.90 bits per heavy atom. The Morgan fingerprint density at radius 1 is 1.24 bits per heavy atom. The number of sulfonamides is 1. The van der Waals surface area contributed by atoms with Crippen molar-refractivity contribution in [2.45, 2.75) is 18.7 Å². The molecule has 0 bridgehead atoms. The van der Waals surface area contributed by atoms with Gasteiger partial charge in [0.15, 0.2) is 0 Å². The summed E-state index contributed by atoms with van der Waals surface area (Å²) in [4.78, 5) is 21.7. The molecular formula is C18H20N4O6S. The van der Waals surface area contributed by atoms with E-state index in [1.165, 1.54) is 34.8 Å². The first-order valence-electron chi connectivity index (χ1n) is 8.62. The number of anilines is 1. The van der Waals surface area contributed by atoms with E-state index in [-0.39, 0.29) is 29.2 Å². The van der Waals surface area contributed by atoms with Crippen molar-refractivity contribution in [3.63, 3.8) is 0 Å². The Bertz CT molecular complexity index is 1050. The zero-order chi connectivity index (χ0) is 21.6. The lowest BCUT2D eigenvalue weighted by Gasteiger charge is -2.18. The third kappa shape index (κ3) is 4.95. The number of nitrogens with one attached hydrogen (secondary N) is 1. The maximum atomic E-state index is 12.6. The molecule has 0 atom stereocenters. The van der Waals surface area contributed by atoms with Gasteiger partial charge in [0.05, 0.1) is 21.6 Å². The lowest BCUT2D eigenvalue weighted by Crippen LogP contribution is -2.30. The van der Waals surface area contributed by atoms with Crippen LogP contribution >= 0.6 is 0 Å². The largest absolute Gasteiger partial charge is 0.478 e. The van der Waals surface area contributed by atoms with Crippen LogP contribution in [-0.4, -0.2) is 48.0 Å². The van der Waals surface area contributed by atoms with E-state index in [9.17, 15) is 23.3 Å². The van der Waals surface area contributed by atoms with Gasteiger partial charge in [-0.15, -0.1) is 0 Å². The van der Waals surface area contributed by atoms with E-state index >= 15 is 0 Å². The molecule has 0 heterocycles. The predicted molar refractivity (Wildman–Crippen MR) is 108 cm³/mol. The summed E-state index contributed by atoms with van der Waals surface area (Å²) in [5.74, 6) is -1.14. The average molecular weight is 420 g/mol. The van der Waals surface area contributed by atoms with Gasteiger partial charge < -0.3 is 5.11 Å². The number of hydrogen-bond donors (Lipinski definition) is 2. The first-order valence-corrected chi connectivity index (χ1v) is 10.1. The number of aromatic carboxylic acids is 1. The molecule has 11 heteroatoms. The predicted octanol–water partition coefficient (Wildman–Crippen LogP) is 2.77. The summed E-state index contributed by atoms with van der Waals surface area (Å²) in [6.45, 7) is 3.82. The molecule has 2 rings (SSSR count). The summed E-state index contributed by atoms with van der Waals surface area (Å²) in [5.41, 5.74) is 2.29. The zero-order valence-corrected chi connectivity index (χ0v) is 16.6. The van der Waals surface area contributed by atoms with E-state index in [2.05, 4.69) is 10.5 Å². The van der Waals surface area contributed by atoms with Crippen molar-refractivity contribution in [3.8, 4) is 0 Å². The number of carboxylic acid groups (broad SMARTS) is 1. The molecule has 0 amide bonds. The summed E-state index contributed by atoms with van der Waals surface area (Å²) in [6, 6.07) is 9.59. The molecule has 0 aliphatic rings. The van der Waals surface area contributed by atoms with Gasteiger partial charge in [0.1, 0.15) is 5.69 Å². The van der Waals surface area contributed by atoms with Gasteiger partial charge in [0, 0.05) is 24.7 Å². The summed E-state index contributed by atoms with van der Waals surface area (Å²) in [6.07, 6.45) is 1.22. The van der Waals surface area contributed by atoms with Crippen molar-refractivity contribution in [2.75, 3.05) is 18.5 Å². The number of nitro groups is 1. The topological polar surface area (TPSA) is 142 Å². The van der Waals surface area contributed by atoms with E-state index in [4.69, 9.17) is 5.11 Å². The number of carboxylic acids is 1. The Balaban J connectivity index is 2.36. The molecule has 0 fully saturated rings. The van der Waals surface area contributed by atoms with Crippen LogP contribution in [-0.2, 0) is 10.0 Å². The van der Waals surface area contributed by atoms with E-state index < -0.39 is 26.6 Å². The van der Waals surface area contributed by atoms with Crippen molar-refractivity contribution >= 4 is 33.6 Å². The van der Waals surface area contributed by atoms with E-state index in [0.717, 1.165) is 6.07 Å². The summed E-state index contributed by atoms with van der Waals surface area (Å²) in [7, 11) is -3.86. The van der Waals surface area contributed by atoms with E-state index in [1.54, 1.807) is 26.0 Å². The highest BCUT2D eigenvalue weighted by molar-refractivity contribution is 7.89. The summed E-state index contributed by atoms with van der Waals surface area (Å²) in [5, 5.41) is 24.4. The maximum absolute atomic E-state index is 12.6. The lowest BCUT2D eigenvalue weighted by atomic mass is 10.1. The van der Waals surface area contributed by atoms with E-state index in [0.29, 0.717) is 5.56 Å². The SMILES string of the molecule is CCN(CC)S(=O)(=O)c1ccc(N/N=C\c2ccccc2C(=O)O)c([N+](=O)[O-])c1. The molecule has 2 aromatic rings. The molecule has 29 heavy (non-hydrogen) atoms. The highest BCUT2D eigenvalue weighted by Crippen LogP contribution is 2.29. The van der Waals surface area contributed by atoms with Crippen LogP contribution in [0.25, 0.3) is 0 Å². The minimum atomic E-state index is -3.86. The standard InChI is InChI=1S/C18H20N4O6S/c1-3-21(4-2)29(27,28)14-9-10-16(17(11-14)22(25)26)20-19-12-13-7-5-6-8-15(13)18(23)24/h5-12,20H,3-4H2,1-2H3,(H,23,24)/b19-12-. The van der Waals surface area contributed by atoms with Gasteiger partial charge in [-0.05, 0) is 18.2 Å². The van der Waals surface area contributed by atoms with Crippen molar-refractivity contribution in [1.29, 1.82) is 0 Å². The number of hydrogen-bond acceptors (Lipinski definition) is 7. The van der Waals surface area contributed by atoms with Crippen LogP contribution in [0.4, 0.5) is 11.4 Å². The number of nitro benzene ring substituents is 1. The average Bonchev–Trinajstić information content (AvgIpc) is 2.68. The third-order valence-electron chi connectivity index (χ3n) is 4.09. The molecule has 2 N–H and O–H groups in total. The summed E-state index contributed by atoms with van der Waals surface area (Å²) < 4.78 is 26.4. The van der Waals surface area contributed by atoms with Crippen LogP contribution < -0.4 is 5.43 Å². The fraction of sp³-hybridized carbons (Fsp3) is 0.222. The van der Waals surface area contributed by atoms with Crippen molar-refractivity contribution in [3.05, 3.63) is 63.7 Å². The molecule has 154 valence electrons. The smallest absolute Gasteiger partial charge is 0.336 e. The maximum Gasteiger partial charge on any atom is 0.336 e. The highest BCUT2D eigenvalue weighted by Gasteiger charge is 2.25. The molecule has 0 aliphatic carbocycles. The summed E-state index contributed by atoms with van der Waals surface area (Å²) >= 11 is 0. The third-order valence-corrected chi connectivity index (χ3v) is 6.13. The van der Waals surface area contributed by atoms with Crippen LogP contribution in [0.2, 0.25) is 0 Å². The molecule has 0 saturated heterocycles. The zero-order valence-electron chi connectivity index (χ0n) is 15.8. The number of hydrazone groups is 1. The van der Waals surface area contributed by atoms with Crippen LogP contribution in [0.15, 0.2) is 52.5 Å². The molecule has 10 nitrogen and oxygen atoms in total. The normalized spacial score (nSPS) is 11.7. The van der Waals surface area contributed by atoms with Crippen LogP contribution in [0, 0.1) is 10.1 Å². The Hall–Kier alpha value is -3.31. The van der Waals surface area contributed by atoms with Gasteiger partial charge in [-0.25, -0.2) is 13.2 Å². The van der Waals surface area contributed by atoms with Crippen molar-refractivity contribution in [2.24, 2.45) is 5.10 Å². The number of carbonyl (C=O) groups is 1. The second kappa shape index (κ2) is 9.26. The number of rotatable bonds is 9. The van der Waals surface area contributed by atoms with Crippen molar-refractivity contribution in [1.82, 2.24) is 4.31 Å². The van der Waals surface area contributed by atoms with Gasteiger partial charge in [-0.3, -0.25) is 15.5 Å². The molecule has 0 aliphatic heterocycles. The van der Waals surface area contributed by atoms with Gasteiger partial charge >= 0.3 is 5.97 Å². The molecule has 0 unspecified atom stereocenters. The van der Waals surface area contributed by atoms with Gasteiger partial charge in [0.25, 0.3) is 5.69 Å². The molecular weight excluding hydrogens is 400 g/mol. The minimum absolute atomic E-state index is 0.0215. The van der Waals surface area contributed by atoms with Crippen LogP contribution in [0.5, 0.6) is 0 Å². The second-order valence-electron chi connectivity index (χ2n) is 5.79. The Labute approximate surface area is 167 Å². The van der Waals surface area contributed by atoms with Gasteiger partial charge in [0.2, 0.25) is 10.0 Å². The van der Waals surface area contributed by atoms with E-state index in [1.807, 2.05) is 0 Å². The number of nitrogens with zero attached hydrogens (tertiary/aromatic N) is 3. The van der Waals surface area contributed by atoms with Crippen molar-refractivity contribution < 1.29 is 23.2 Å². The molecule has 0 spiro atoms. The van der Waals surface area contributed by atoms with Crippen LogP contribution in [0.3, 0.4) is 0 Å². The first-order chi connectivity index (χ1) is 13.7. The minimum Gasteiger partial charge on any atom is -0.478 e. The Morgan fingerprint density at radius 3 is 2.48 bits per heavy atom. The molecule has 0 saturated carbocycles. The fourth-order valence-corrected chi connectivity index (χ4v) is 4.08. The monoisotopic (exact) mass is 420 g/mol.